The molecule has 70 valence electrons. The molecule has 1 aromatic carbocycles. The maximum Gasteiger partial charge on any atom is 0.130 e. The van der Waals surface area contributed by atoms with Crippen molar-refractivity contribution in [1.82, 2.24) is 0 Å². The van der Waals surface area contributed by atoms with Crippen LogP contribution in [0.2, 0.25) is 0 Å². The van der Waals surface area contributed by atoms with Gasteiger partial charge in [-0.15, -0.1) is 0 Å². The number of fused-ring (bicyclic) bond motifs is 1. The van der Waals surface area contributed by atoms with Gasteiger partial charge in [0.05, 0.1) is 6.61 Å². The Labute approximate surface area is 76.5 Å². The van der Waals surface area contributed by atoms with E-state index in [-0.39, 0.29) is 11.7 Å². The van der Waals surface area contributed by atoms with E-state index in [9.17, 15) is 4.39 Å². The Hall–Kier alpha value is -1.09. The van der Waals surface area contributed by atoms with Gasteiger partial charge >= 0.3 is 0 Å². The second-order valence-electron chi connectivity index (χ2n) is 3.33. The molecule has 0 saturated heterocycles. The van der Waals surface area contributed by atoms with Crippen molar-refractivity contribution in [1.29, 1.82) is 0 Å². The van der Waals surface area contributed by atoms with Crippen LogP contribution in [-0.4, -0.2) is 13.2 Å². The summed E-state index contributed by atoms with van der Waals surface area (Å²) in [6.07, 6.45) is 0.693. The number of nitrogens with two attached hydrogens (primary N) is 1. The van der Waals surface area contributed by atoms with Crippen molar-refractivity contribution in [3.8, 4) is 5.75 Å². The maximum atomic E-state index is 13.3. The quantitative estimate of drug-likeness (QED) is 0.709. The summed E-state index contributed by atoms with van der Waals surface area (Å²) in [6, 6.07) is 4.92. The number of rotatable bonds is 1. The smallest absolute Gasteiger partial charge is 0.130 e. The first-order valence-corrected chi connectivity index (χ1v) is 4.41. The lowest BCUT2D eigenvalue weighted by Gasteiger charge is -2.24. The van der Waals surface area contributed by atoms with E-state index < -0.39 is 0 Å². The molecule has 1 unspecified atom stereocenters. The number of hydrogen-bond donors (Lipinski definition) is 1. The van der Waals surface area contributed by atoms with Gasteiger partial charge < -0.3 is 10.5 Å². The van der Waals surface area contributed by atoms with E-state index in [0.717, 1.165) is 0 Å². The molecule has 0 saturated carbocycles. The third-order valence-electron chi connectivity index (χ3n) is 2.38. The molecule has 0 bridgehead atoms. The third-order valence-corrected chi connectivity index (χ3v) is 2.38. The molecule has 1 aliphatic rings. The van der Waals surface area contributed by atoms with E-state index in [1.807, 2.05) is 0 Å². The molecule has 1 aliphatic heterocycles. The number of halogens is 1. The van der Waals surface area contributed by atoms with Gasteiger partial charge in [-0.25, -0.2) is 4.39 Å². The zero-order valence-electron chi connectivity index (χ0n) is 7.29. The van der Waals surface area contributed by atoms with Gasteiger partial charge in [0.25, 0.3) is 0 Å². The molecule has 0 aromatic heterocycles. The molecule has 2 N–H and O–H groups in total. The minimum Gasteiger partial charge on any atom is -0.493 e. The predicted molar refractivity (Wildman–Crippen MR) is 48.1 cm³/mol. The molecule has 0 radical (unpaired) electrons. The molecule has 1 aromatic rings. The summed E-state index contributed by atoms with van der Waals surface area (Å²) < 4.78 is 18.6. The van der Waals surface area contributed by atoms with E-state index in [1.165, 1.54) is 6.07 Å². The minimum absolute atomic E-state index is 0.185. The normalized spacial score (nSPS) is 20.6. The molecule has 13 heavy (non-hydrogen) atoms. The highest BCUT2D eigenvalue weighted by Gasteiger charge is 2.20. The van der Waals surface area contributed by atoms with Crippen molar-refractivity contribution in [2.45, 2.75) is 6.42 Å². The van der Waals surface area contributed by atoms with E-state index >= 15 is 0 Å². The Bertz CT molecular complexity index is 314. The van der Waals surface area contributed by atoms with Crippen molar-refractivity contribution < 1.29 is 9.13 Å². The monoisotopic (exact) mass is 181 g/mol. The highest BCUT2D eigenvalue weighted by atomic mass is 19.1. The van der Waals surface area contributed by atoms with E-state index in [4.69, 9.17) is 10.5 Å². The van der Waals surface area contributed by atoms with Crippen LogP contribution in [0.25, 0.3) is 0 Å². The first kappa shape index (κ1) is 8.51. The Balaban J connectivity index is 2.32. The molecule has 1 atom stereocenters. The van der Waals surface area contributed by atoms with Crippen LogP contribution in [0.4, 0.5) is 4.39 Å². The van der Waals surface area contributed by atoms with Gasteiger partial charge in [0.2, 0.25) is 0 Å². The predicted octanol–water partition coefficient (Wildman–Crippen LogP) is 1.34. The molecule has 0 fully saturated rings. The van der Waals surface area contributed by atoms with Crippen LogP contribution in [0.1, 0.15) is 5.56 Å². The zero-order chi connectivity index (χ0) is 9.26. The summed E-state index contributed by atoms with van der Waals surface area (Å²) >= 11 is 0. The van der Waals surface area contributed by atoms with Gasteiger partial charge in [-0.2, -0.15) is 0 Å². The largest absolute Gasteiger partial charge is 0.493 e. The first-order valence-electron chi connectivity index (χ1n) is 4.41. The molecule has 0 spiro atoms. The SMILES string of the molecule is NCC1COc2cccc(F)c2C1. The van der Waals surface area contributed by atoms with Gasteiger partial charge in [0.1, 0.15) is 11.6 Å². The van der Waals surface area contributed by atoms with Gasteiger partial charge in [-0.1, -0.05) is 6.07 Å². The molecule has 0 aliphatic carbocycles. The Morgan fingerprint density at radius 2 is 2.38 bits per heavy atom. The summed E-state index contributed by atoms with van der Waals surface area (Å²) in [4.78, 5) is 0. The van der Waals surface area contributed by atoms with Crippen LogP contribution >= 0.6 is 0 Å². The molecule has 2 nitrogen and oxygen atoms in total. The van der Waals surface area contributed by atoms with E-state index in [0.29, 0.717) is 30.9 Å². The molecule has 2 rings (SSSR count). The van der Waals surface area contributed by atoms with E-state index in [2.05, 4.69) is 0 Å². The van der Waals surface area contributed by atoms with E-state index in [1.54, 1.807) is 12.1 Å². The van der Waals surface area contributed by atoms with Crippen LogP contribution in [-0.2, 0) is 6.42 Å². The molecule has 0 amide bonds. The van der Waals surface area contributed by atoms with Crippen molar-refractivity contribution in [3.05, 3.63) is 29.6 Å². The number of benzene rings is 1. The van der Waals surface area contributed by atoms with Crippen LogP contribution in [0.15, 0.2) is 18.2 Å². The highest BCUT2D eigenvalue weighted by Crippen LogP contribution is 2.28. The zero-order valence-corrected chi connectivity index (χ0v) is 7.29. The van der Waals surface area contributed by atoms with Gasteiger partial charge in [0, 0.05) is 11.5 Å². The standard InChI is InChI=1S/C10H12FNO/c11-9-2-1-3-10-8(9)4-7(5-12)6-13-10/h1-3,7H,4-6,12H2. The first-order chi connectivity index (χ1) is 6.31. The fourth-order valence-electron chi connectivity index (χ4n) is 1.58. The van der Waals surface area contributed by atoms with Crippen molar-refractivity contribution >= 4 is 0 Å². The average Bonchev–Trinajstić information content (AvgIpc) is 2.18. The second-order valence-corrected chi connectivity index (χ2v) is 3.33. The van der Waals surface area contributed by atoms with Crippen LogP contribution in [0.5, 0.6) is 5.75 Å². The van der Waals surface area contributed by atoms with Gasteiger partial charge in [0.15, 0.2) is 0 Å². The van der Waals surface area contributed by atoms with Crippen molar-refractivity contribution in [2.24, 2.45) is 11.7 Å². The fourth-order valence-corrected chi connectivity index (χ4v) is 1.58. The lowest BCUT2D eigenvalue weighted by Crippen LogP contribution is -2.28. The van der Waals surface area contributed by atoms with Crippen molar-refractivity contribution in [3.63, 3.8) is 0 Å². The third kappa shape index (κ3) is 1.52. The Kier molecular flexibility index (Phi) is 2.19. The van der Waals surface area contributed by atoms with Gasteiger partial charge in [-0.05, 0) is 25.1 Å². The van der Waals surface area contributed by atoms with Crippen LogP contribution < -0.4 is 10.5 Å². The second kappa shape index (κ2) is 3.34. The number of hydrogen-bond acceptors (Lipinski definition) is 2. The summed E-state index contributed by atoms with van der Waals surface area (Å²) in [5.74, 6) is 0.741. The molecule has 1 heterocycles. The summed E-state index contributed by atoms with van der Waals surface area (Å²) in [5, 5.41) is 0. The molecular weight excluding hydrogens is 169 g/mol. The number of ether oxygens (including phenoxy) is 1. The lowest BCUT2D eigenvalue weighted by atomic mass is 9.96. The van der Waals surface area contributed by atoms with Crippen LogP contribution in [0, 0.1) is 11.7 Å². The Morgan fingerprint density at radius 1 is 1.54 bits per heavy atom. The maximum absolute atomic E-state index is 13.3. The molecule has 3 heteroatoms. The topological polar surface area (TPSA) is 35.2 Å². The average molecular weight is 181 g/mol. The summed E-state index contributed by atoms with van der Waals surface area (Å²) in [5.41, 5.74) is 6.18. The summed E-state index contributed by atoms with van der Waals surface area (Å²) in [6.45, 7) is 1.15. The highest BCUT2D eigenvalue weighted by molar-refractivity contribution is 5.36. The molecular formula is C10H12FNO. The Morgan fingerprint density at radius 3 is 3.15 bits per heavy atom. The summed E-state index contributed by atoms with van der Waals surface area (Å²) in [7, 11) is 0. The lowest BCUT2D eigenvalue weighted by molar-refractivity contribution is 0.222. The minimum atomic E-state index is -0.185. The van der Waals surface area contributed by atoms with Crippen LogP contribution in [0.3, 0.4) is 0 Å². The fraction of sp³-hybridized carbons (Fsp3) is 0.400. The van der Waals surface area contributed by atoms with Gasteiger partial charge in [-0.3, -0.25) is 0 Å². The van der Waals surface area contributed by atoms with Crippen molar-refractivity contribution in [2.75, 3.05) is 13.2 Å².